The lowest BCUT2D eigenvalue weighted by Gasteiger charge is -2.35. The predicted octanol–water partition coefficient (Wildman–Crippen LogP) is 1.27. The van der Waals surface area contributed by atoms with Gasteiger partial charge in [-0.2, -0.15) is 0 Å². The summed E-state index contributed by atoms with van der Waals surface area (Å²) in [5.41, 5.74) is 0.464. The maximum Gasteiger partial charge on any atom is 0.0547 e. The van der Waals surface area contributed by atoms with E-state index in [1.165, 1.54) is 6.42 Å². The van der Waals surface area contributed by atoms with Gasteiger partial charge in [0.05, 0.1) is 6.61 Å². The summed E-state index contributed by atoms with van der Waals surface area (Å²) in [6.07, 6.45) is 1.17. The third kappa shape index (κ3) is 6.70. The Morgan fingerprint density at radius 2 is 1.84 bits per heavy atom. The van der Waals surface area contributed by atoms with Gasteiger partial charge in [-0.15, -0.1) is 0 Å². The van der Waals surface area contributed by atoms with Crippen molar-refractivity contribution >= 4 is 0 Å². The predicted molar refractivity (Wildman–Crippen MR) is 81.7 cm³/mol. The third-order valence-corrected chi connectivity index (χ3v) is 3.71. The SMILES string of the molecule is CN(C)CCN(C)CC1(CNC(C)(C)C)CCOC1. The Morgan fingerprint density at radius 3 is 2.32 bits per heavy atom. The molecule has 0 aromatic rings. The molecule has 4 nitrogen and oxygen atoms in total. The highest BCUT2D eigenvalue weighted by molar-refractivity contribution is 4.90. The zero-order valence-corrected chi connectivity index (χ0v) is 13.8. The maximum absolute atomic E-state index is 5.68. The minimum Gasteiger partial charge on any atom is -0.381 e. The van der Waals surface area contributed by atoms with E-state index < -0.39 is 0 Å². The molecule has 1 N–H and O–H groups in total. The van der Waals surface area contributed by atoms with Gasteiger partial charge >= 0.3 is 0 Å². The van der Waals surface area contributed by atoms with Gasteiger partial charge in [-0.25, -0.2) is 0 Å². The molecule has 19 heavy (non-hydrogen) atoms. The lowest BCUT2D eigenvalue weighted by Crippen LogP contribution is -2.49. The molecule has 0 saturated carbocycles. The Hall–Kier alpha value is -0.160. The average Bonchev–Trinajstić information content (AvgIpc) is 2.72. The van der Waals surface area contributed by atoms with E-state index in [0.29, 0.717) is 0 Å². The summed E-state index contributed by atoms with van der Waals surface area (Å²) in [5.74, 6) is 0. The van der Waals surface area contributed by atoms with Gasteiger partial charge in [-0.3, -0.25) is 0 Å². The summed E-state index contributed by atoms with van der Waals surface area (Å²) in [6.45, 7) is 12.9. The summed E-state index contributed by atoms with van der Waals surface area (Å²) in [5, 5.41) is 3.66. The van der Waals surface area contributed by atoms with Crippen molar-refractivity contribution in [2.24, 2.45) is 5.41 Å². The summed E-state index contributed by atoms with van der Waals surface area (Å²) in [6, 6.07) is 0. The maximum atomic E-state index is 5.68. The van der Waals surface area contributed by atoms with Crippen LogP contribution in [0.4, 0.5) is 0 Å². The normalized spacial score (nSPS) is 24.6. The van der Waals surface area contributed by atoms with Crippen molar-refractivity contribution in [3.63, 3.8) is 0 Å². The fourth-order valence-electron chi connectivity index (χ4n) is 2.44. The highest BCUT2D eigenvalue weighted by Crippen LogP contribution is 2.29. The van der Waals surface area contributed by atoms with E-state index in [1.807, 2.05) is 0 Å². The number of hydrogen-bond acceptors (Lipinski definition) is 4. The van der Waals surface area contributed by atoms with Gasteiger partial charge in [-0.1, -0.05) is 0 Å². The molecule has 1 aliphatic heterocycles. The lowest BCUT2D eigenvalue weighted by molar-refractivity contribution is 0.110. The van der Waals surface area contributed by atoms with Gasteiger partial charge in [0.2, 0.25) is 0 Å². The van der Waals surface area contributed by atoms with Crippen LogP contribution < -0.4 is 5.32 Å². The van der Waals surface area contributed by atoms with Crippen LogP contribution in [0.1, 0.15) is 27.2 Å². The minimum atomic E-state index is 0.178. The standard InChI is InChI=1S/C15H33N3O/c1-14(2,3)16-11-15(7-10-19-13-15)12-18(6)9-8-17(4)5/h16H,7-13H2,1-6H3. The van der Waals surface area contributed by atoms with Crippen molar-refractivity contribution in [2.75, 3.05) is 60.5 Å². The molecule has 1 saturated heterocycles. The van der Waals surface area contributed by atoms with E-state index in [0.717, 1.165) is 39.4 Å². The molecular formula is C15H33N3O. The average molecular weight is 271 g/mol. The molecular weight excluding hydrogens is 238 g/mol. The molecule has 0 aliphatic carbocycles. The molecule has 0 spiro atoms. The quantitative estimate of drug-likeness (QED) is 0.755. The van der Waals surface area contributed by atoms with E-state index in [4.69, 9.17) is 4.74 Å². The second kappa shape index (κ2) is 7.02. The molecule has 0 aromatic heterocycles. The zero-order chi connectivity index (χ0) is 14.5. The van der Waals surface area contributed by atoms with E-state index >= 15 is 0 Å². The van der Waals surface area contributed by atoms with Crippen molar-refractivity contribution in [2.45, 2.75) is 32.7 Å². The fourth-order valence-corrected chi connectivity index (χ4v) is 2.44. The second-order valence-corrected chi connectivity index (χ2v) is 7.45. The van der Waals surface area contributed by atoms with Crippen molar-refractivity contribution in [1.29, 1.82) is 0 Å². The Bertz CT molecular complexity index is 255. The van der Waals surface area contributed by atoms with Crippen LogP contribution in [0.2, 0.25) is 0 Å². The smallest absolute Gasteiger partial charge is 0.0547 e. The van der Waals surface area contributed by atoms with Gasteiger partial charge in [0, 0.05) is 43.7 Å². The van der Waals surface area contributed by atoms with Gasteiger partial charge in [0.1, 0.15) is 0 Å². The molecule has 1 atom stereocenters. The van der Waals surface area contributed by atoms with Crippen LogP contribution in [0.15, 0.2) is 0 Å². The van der Waals surface area contributed by atoms with Gasteiger partial charge in [-0.05, 0) is 48.3 Å². The first kappa shape index (κ1) is 16.9. The molecule has 114 valence electrons. The van der Waals surface area contributed by atoms with E-state index in [1.54, 1.807) is 0 Å². The molecule has 0 amide bonds. The summed E-state index contributed by atoms with van der Waals surface area (Å²) >= 11 is 0. The summed E-state index contributed by atoms with van der Waals surface area (Å²) in [4.78, 5) is 4.68. The van der Waals surface area contributed by atoms with Crippen molar-refractivity contribution in [3.05, 3.63) is 0 Å². The monoisotopic (exact) mass is 271 g/mol. The molecule has 1 aliphatic rings. The van der Waals surface area contributed by atoms with E-state index in [9.17, 15) is 0 Å². The molecule has 0 radical (unpaired) electrons. The molecule has 4 heteroatoms. The highest BCUT2D eigenvalue weighted by Gasteiger charge is 2.36. The Kier molecular flexibility index (Phi) is 6.24. The first-order valence-corrected chi connectivity index (χ1v) is 7.39. The molecule has 1 fully saturated rings. The molecule has 0 bridgehead atoms. The summed E-state index contributed by atoms with van der Waals surface area (Å²) in [7, 11) is 6.48. The Morgan fingerprint density at radius 1 is 1.16 bits per heavy atom. The fraction of sp³-hybridized carbons (Fsp3) is 1.00. The molecule has 0 aromatic carbocycles. The Labute approximate surface area is 119 Å². The zero-order valence-electron chi connectivity index (χ0n) is 13.8. The van der Waals surface area contributed by atoms with Gasteiger partial charge < -0.3 is 19.9 Å². The number of nitrogens with zero attached hydrogens (tertiary/aromatic N) is 2. The first-order valence-electron chi connectivity index (χ1n) is 7.39. The summed E-state index contributed by atoms with van der Waals surface area (Å²) < 4.78 is 5.68. The van der Waals surface area contributed by atoms with Crippen LogP contribution in [-0.2, 0) is 4.74 Å². The number of hydrogen-bond donors (Lipinski definition) is 1. The molecule has 1 unspecified atom stereocenters. The van der Waals surface area contributed by atoms with Gasteiger partial charge in [0.15, 0.2) is 0 Å². The third-order valence-electron chi connectivity index (χ3n) is 3.71. The molecule has 1 rings (SSSR count). The van der Waals surface area contributed by atoms with Crippen LogP contribution in [0.5, 0.6) is 0 Å². The number of likely N-dealkylation sites (N-methyl/N-ethyl adjacent to an activating group) is 2. The van der Waals surface area contributed by atoms with Crippen LogP contribution in [-0.4, -0.2) is 75.9 Å². The van der Waals surface area contributed by atoms with Crippen LogP contribution in [0.25, 0.3) is 0 Å². The van der Waals surface area contributed by atoms with Crippen molar-refractivity contribution in [3.8, 4) is 0 Å². The van der Waals surface area contributed by atoms with Crippen LogP contribution in [0.3, 0.4) is 0 Å². The van der Waals surface area contributed by atoms with Crippen LogP contribution in [0, 0.1) is 5.41 Å². The largest absolute Gasteiger partial charge is 0.381 e. The van der Waals surface area contributed by atoms with Crippen LogP contribution >= 0.6 is 0 Å². The Balaban J connectivity index is 2.47. The van der Waals surface area contributed by atoms with Crippen molar-refractivity contribution < 1.29 is 4.74 Å². The topological polar surface area (TPSA) is 27.7 Å². The highest BCUT2D eigenvalue weighted by atomic mass is 16.5. The van der Waals surface area contributed by atoms with Gasteiger partial charge in [0.25, 0.3) is 0 Å². The van der Waals surface area contributed by atoms with E-state index in [-0.39, 0.29) is 11.0 Å². The second-order valence-electron chi connectivity index (χ2n) is 7.45. The minimum absolute atomic E-state index is 0.178. The number of nitrogens with one attached hydrogen (secondary N) is 1. The number of rotatable bonds is 7. The van der Waals surface area contributed by atoms with Crippen molar-refractivity contribution in [1.82, 2.24) is 15.1 Å². The number of ether oxygens (including phenoxy) is 1. The van der Waals surface area contributed by atoms with E-state index in [2.05, 4.69) is 57.0 Å². The first-order chi connectivity index (χ1) is 8.72. The lowest BCUT2D eigenvalue weighted by atomic mass is 9.85. The molecule has 1 heterocycles.